The first-order chi connectivity index (χ1) is 44.1. The SMILES string of the molecule is COCCn1c(Cc2c(F)cc(-c3cccc(OCc4ccc(-n5ccnn5)cc4)n3)c(F)c2F)nc2c(F)cc(C(=O)OC(=O)c3cc(F)c4nc(Cc5c(F)cc(-c6cccc(OCc7ccc(-n8ccnn8)cc7)n6)c(F)c5F)n(CCOC)c4c3)cc21. The van der Waals surface area contributed by atoms with Gasteiger partial charge in [-0.2, -0.15) is 0 Å². The molecule has 19 nitrogen and oxygen atoms in total. The van der Waals surface area contributed by atoms with Crippen LogP contribution in [-0.2, 0) is 53.4 Å². The highest BCUT2D eigenvalue weighted by molar-refractivity contribution is 6.05. The summed E-state index contributed by atoms with van der Waals surface area (Å²) in [5.74, 6) is -13.8. The number of imidazole rings is 2. The van der Waals surface area contributed by atoms with E-state index in [-0.39, 0.29) is 96.4 Å². The first-order valence-electron chi connectivity index (χ1n) is 27.7. The predicted octanol–water partition coefficient (Wildman–Crippen LogP) is 11.4. The minimum Gasteiger partial charge on any atom is -0.473 e. The number of halogens is 8. The van der Waals surface area contributed by atoms with Crippen molar-refractivity contribution < 1.29 is 68.4 Å². The molecule has 12 rings (SSSR count). The first-order valence-corrected chi connectivity index (χ1v) is 27.7. The predicted molar refractivity (Wildman–Crippen MR) is 309 cm³/mol. The van der Waals surface area contributed by atoms with Crippen molar-refractivity contribution in [2.24, 2.45) is 0 Å². The molecule has 460 valence electrons. The Balaban J connectivity index is 0.753. The molecule has 0 aliphatic rings. The van der Waals surface area contributed by atoms with Gasteiger partial charge in [-0.3, -0.25) is 0 Å². The Morgan fingerprint density at radius 1 is 0.473 bits per heavy atom. The maximum atomic E-state index is 16.1. The molecule has 0 saturated carbocycles. The van der Waals surface area contributed by atoms with Gasteiger partial charge < -0.3 is 32.8 Å². The summed E-state index contributed by atoms with van der Waals surface area (Å²) in [4.78, 5) is 44.6. The summed E-state index contributed by atoms with van der Waals surface area (Å²) in [6.07, 6.45) is 4.99. The number of ether oxygens (including phenoxy) is 5. The zero-order valence-corrected chi connectivity index (χ0v) is 47.8. The zero-order valence-electron chi connectivity index (χ0n) is 47.8. The number of esters is 2. The van der Waals surface area contributed by atoms with Gasteiger partial charge >= 0.3 is 11.9 Å². The lowest BCUT2D eigenvalue weighted by atomic mass is 10.0. The van der Waals surface area contributed by atoms with Crippen LogP contribution in [0.15, 0.2) is 146 Å². The molecule has 0 aliphatic carbocycles. The van der Waals surface area contributed by atoms with Crippen LogP contribution in [0.1, 0.15) is 54.6 Å². The van der Waals surface area contributed by atoms with Crippen LogP contribution in [0.3, 0.4) is 0 Å². The normalized spacial score (nSPS) is 11.5. The summed E-state index contributed by atoms with van der Waals surface area (Å²) in [6.45, 7) is -0.291. The van der Waals surface area contributed by atoms with E-state index in [0.717, 1.165) is 46.8 Å². The van der Waals surface area contributed by atoms with Gasteiger partial charge in [0.05, 0.1) is 82.9 Å². The Labute approximate surface area is 509 Å². The second-order valence-corrected chi connectivity index (χ2v) is 20.4. The minimum absolute atomic E-state index is 0.0373. The van der Waals surface area contributed by atoms with Gasteiger partial charge in [-0.05, 0) is 83.9 Å². The van der Waals surface area contributed by atoms with Crippen LogP contribution in [0.25, 0.3) is 56.0 Å². The quantitative estimate of drug-likeness (QED) is 0.0268. The van der Waals surface area contributed by atoms with E-state index in [9.17, 15) is 9.59 Å². The van der Waals surface area contributed by atoms with Crippen molar-refractivity contribution in [2.45, 2.75) is 39.1 Å². The summed E-state index contributed by atoms with van der Waals surface area (Å²) in [5.41, 5.74) is -1.93. The Hall–Kier alpha value is -11.1. The van der Waals surface area contributed by atoms with Crippen molar-refractivity contribution in [3.63, 3.8) is 0 Å². The summed E-state index contributed by atoms with van der Waals surface area (Å²) in [6, 6.07) is 28.1. The molecule has 0 N–H and O–H groups in total. The maximum Gasteiger partial charge on any atom is 0.346 e. The number of methoxy groups -OCH3 is 2. The van der Waals surface area contributed by atoms with Crippen LogP contribution in [0, 0.1) is 46.5 Å². The molecule has 27 heteroatoms. The Kier molecular flexibility index (Phi) is 17.2. The average molecular weight is 1250 g/mol. The third kappa shape index (κ3) is 12.6. The first kappa shape index (κ1) is 60.2. The third-order valence-corrected chi connectivity index (χ3v) is 14.7. The summed E-state index contributed by atoms with van der Waals surface area (Å²) < 4.78 is 162. The number of rotatable bonds is 22. The number of benzene rings is 6. The smallest absolute Gasteiger partial charge is 0.346 e. The molecule has 12 aromatic rings. The van der Waals surface area contributed by atoms with Gasteiger partial charge in [0.25, 0.3) is 0 Å². The maximum absolute atomic E-state index is 16.1. The summed E-state index contributed by atoms with van der Waals surface area (Å²) >= 11 is 0. The molecule has 0 unspecified atom stereocenters. The molecule has 6 heterocycles. The molecule has 0 spiro atoms. The molecule has 0 amide bonds. The fraction of sp³-hybridized carbons (Fsp3) is 0.156. The van der Waals surface area contributed by atoms with Gasteiger partial charge in [-0.1, -0.05) is 46.8 Å². The van der Waals surface area contributed by atoms with Gasteiger partial charge in [0.1, 0.15) is 47.5 Å². The highest BCUT2D eigenvalue weighted by Crippen LogP contribution is 2.34. The molecule has 91 heavy (non-hydrogen) atoms. The van der Waals surface area contributed by atoms with Crippen LogP contribution in [-0.4, -0.2) is 98.4 Å². The molecular formula is C64H46F8N12O7. The van der Waals surface area contributed by atoms with Gasteiger partial charge in [0.2, 0.25) is 11.8 Å². The number of fused-ring (bicyclic) bond motifs is 2. The monoisotopic (exact) mass is 1250 g/mol. The molecule has 6 aromatic heterocycles. The van der Waals surface area contributed by atoms with E-state index < -0.39 is 105 Å². The average Bonchev–Trinajstić information content (AvgIpc) is 1.73. The van der Waals surface area contributed by atoms with Gasteiger partial charge in [-0.25, -0.2) is 74.0 Å². The zero-order chi connectivity index (χ0) is 63.4. The molecule has 0 fully saturated rings. The second kappa shape index (κ2) is 25.9. The van der Waals surface area contributed by atoms with Crippen molar-refractivity contribution in [1.82, 2.24) is 59.1 Å². The second-order valence-electron chi connectivity index (χ2n) is 20.4. The molecule has 0 saturated heterocycles. The Bertz CT molecular complexity index is 4410. The standard InChI is InChI=1S/C64H46F8N12O7/c1-87-23-21-81-51-27-37(25-47(67)61(51)77-53(81)31-41-45(65)29-43(59(71)57(41)69)49-5-3-7-55(75-49)89-33-35-9-13-39(14-10-35)83-19-17-73-79-83)63(85)91-64(86)38-26-48(68)62-52(28-38)82(22-24-88-2)54(78-62)32-42-46(66)30-44(60(72)58(42)70)50-6-4-8-56(76-50)90-34-36-11-15-40(16-12-36)84-20-18-74-80-84/h3-20,25-30H,21-24,31-34H2,1-2H3. The Morgan fingerprint density at radius 2 is 0.890 bits per heavy atom. The number of aromatic nitrogens is 12. The van der Waals surface area contributed by atoms with Crippen LogP contribution in [0.2, 0.25) is 0 Å². The van der Waals surface area contributed by atoms with E-state index in [1.54, 1.807) is 70.3 Å². The van der Waals surface area contributed by atoms with Gasteiger partial charge in [0, 0.05) is 74.5 Å². The van der Waals surface area contributed by atoms with Crippen LogP contribution >= 0.6 is 0 Å². The molecule has 0 atom stereocenters. The van der Waals surface area contributed by atoms with E-state index in [4.69, 9.17) is 23.7 Å². The van der Waals surface area contributed by atoms with Crippen molar-refractivity contribution in [3.8, 4) is 45.6 Å². The number of carbonyl (C=O) groups is 2. The lowest BCUT2D eigenvalue weighted by Crippen LogP contribution is -2.15. The fourth-order valence-corrected chi connectivity index (χ4v) is 10.1. The van der Waals surface area contributed by atoms with Crippen molar-refractivity contribution in [3.05, 3.63) is 238 Å². The number of hydrogen-bond acceptors (Lipinski definition) is 15. The number of nitrogens with zero attached hydrogens (tertiary/aromatic N) is 12. The molecular weight excluding hydrogens is 1200 g/mol. The van der Waals surface area contributed by atoms with Crippen molar-refractivity contribution >= 4 is 34.0 Å². The summed E-state index contributed by atoms with van der Waals surface area (Å²) in [5, 5.41) is 15.5. The number of pyridine rings is 2. The van der Waals surface area contributed by atoms with Gasteiger partial charge in [0.15, 0.2) is 34.9 Å². The van der Waals surface area contributed by atoms with E-state index in [1.807, 2.05) is 0 Å². The van der Waals surface area contributed by atoms with Crippen LogP contribution in [0.5, 0.6) is 11.8 Å². The Morgan fingerprint density at radius 3 is 1.27 bits per heavy atom. The lowest BCUT2D eigenvalue weighted by Gasteiger charge is -2.13. The van der Waals surface area contributed by atoms with E-state index in [0.29, 0.717) is 12.1 Å². The van der Waals surface area contributed by atoms with Crippen LogP contribution in [0.4, 0.5) is 35.1 Å². The minimum atomic E-state index is -1.58. The van der Waals surface area contributed by atoms with Crippen LogP contribution < -0.4 is 9.47 Å². The molecule has 0 radical (unpaired) electrons. The van der Waals surface area contributed by atoms with E-state index in [1.165, 1.54) is 72.1 Å². The van der Waals surface area contributed by atoms with Gasteiger partial charge in [-0.15, -0.1) is 10.2 Å². The number of hydrogen-bond donors (Lipinski definition) is 0. The highest BCUT2D eigenvalue weighted by Gasteiger charge is 2.29. The number of carbonyl (C=O) groups excluding carboxylic acids is 2. The van der Waals surface area contributed by atoms with Crippen molar-refractivity contribution in [1.29, 1.82) is 0 Å². The van der Waals surface area contributed by atoms with Crippen molar-refractivity contribution in [2.75, 3.05) is 27.4 Å². The lowest BCUT2D eigenvalue weighted by molar-refractivity contribution is 0.0397. The van der Waals surface area contributed by atoms with E-state index >= 15 is 35.1 Å². The molecule has 6 aromatic carbocycles. The summed E-state index contributed by atoms with van der Waals surface area (Å²) in [7, 11) is 2.70. The topological polar surface area (TPSA) is 203 Å². The molecule has 0 aliphatic heterocycles. The fourth-order valence-electron chi connectivity index (χ4n) is 10.1. The highest BCUT2D eigenvalue weighted by atomic mass is 19.2. The third-order valence-electron chi connectivity index (χ3n) is 14.7. The molecule has 0 bridgehead atoms. The largest absolute Gasteiger partial charge is 0.473 e. The van der Waals surface area contributed by atoms with E-state index in [2.05, 4.69) is 40.6 Å².